The van der Waals surface area contributed by atoms with E-state index in [1.807, 2.05) is 4.98 Å². The summed E-state index contributed by atoms with van der Waals surface area (Å²) in [7, 11) is -4.17. The third-order valence-electron chi connectivity index (χ3n) is 3.04. The van der Waals surface area contributed by atoms with E-state index in [1.165, 1.54) is 13.8 Å². The summed E-state index contributed by atoms with van der Waals surface area (Å²) in [4.78, 5) is 41.4. The van der Waals surface area contributed by atoms with Gasteiger partial charge in [-0.3, -0.25) is 19.6 Å². The van der Waals surface area contributed by atoms with Crippen LogP contribution in [-0.2, 0) is 14.8 Å². The Labute approximate surface area is 129 Å². The zero-order chi connectivity index (χ0) is 17.4. The first-order valence-corrected chi connectivity index (χ1v) is 7.93. The van der Waals surface area contributed by atoms with Crippen molar-refractivity contribution in [3.05, 3.63) is 33.1 Å². The molecule has 2 aromatic heterocycles. The Bertz CT molecular complexity index is 975. The molecule has 2 aromatic rings. The molecule has 0 saturated carbocycles. The van der Waals surface area contributed by atoms with Crippen molar-refractivity contribution in [1.82, 2.24) is 19.3 Å². The fourth-order valence-electron chi connectivity index (χ4n) is 1.98. The molecule has 0 spiro atoms. The second kappa shape index (κ2) is 5.93. The summed E-state index contributed by atoms with van der Waals surface area (Å²) in [5, 5.41) is 8.75. The fraction of sp³-hybridized carbons (Fsp3) is 0.333. The van der Waals surface area contributed by atoms with Crippen LogP contribution in [0.4, 0.5) is 0 Å². The van der Waals surface area contributed by atoms with Gasteiger partial charge in [0.15, 0.2) is 0 Å². The predicted octanol–water partition coefficient (Wildman–Crippen LogP) is -0.905. The number of hydrogen-bond acceptors (Lipinski definition) is 6. The number of fused-ring (bicyclic) bond motifs is 1. The quantitative estimate of drug-likeness (QED) is 0.636. The van der Waals surface area contributed by atoms with Gasteiger partial charge in [-0.1, -0.05) is 0 Å². The number of nitrogens with zero attached hydrogens (tertiary/aromatic N) is 2. The Morgan fingerprint density at radius 3 is 2.57 bits per heavy atom. The number of aromatic amines is 2. The third kappa shape index (κ3) is 3.29. The van der Waals surface area contributed by atoms with Gasteiger partial charge in [0, 0.05) is 12.2 Å². The highest BCUT2D eigenvalue weighted by molar-refractivity contribution is 7.89. The Morgan fingerprint density at radius 1 is 1.35 bits per heavy atom. The summed E-state index contributed by atoms with van der Waals surface area (Å²) in [6, 6.07) is 0.435. The molecule has 0 amide bonds. The van der Waals surface area contributed by atoms with E-state index in [0.717, 1.165) is 16.6 Å². The maximum absolute atomic E-state index is 12.6. The first-order chi connectivity index (χ1) is 10.6. The molecule has 10 nitrogen and oxygen atoms in total. The Kier molecular flexibility index (Phi) is 4.34. The molecular weight excluding hydrogens is 328 g/mol. The fourth-order valence-corrected chi connectivity index (χ4v) is 3.54. The van der Waals surface area contributed by atoms with Crippen molar-refractivity contribution in [2.45, 2.75) is 24.8 Å². The second-order valence-electron chi connectivity index (χ2n) is 5.01. The molecule has 0 radical (unpaired) electrons. The van der Waals surface area contributed by atoms with Crippen LogP contribution >= 0.6 is 0 Å². The third-order valence-corrected chi connectivity index (χ3v) is 5.03. The molecule has 0 aliphatic carbocycles. The van der Waals surface area contributed by atoms with Crippen LogP contribution in [0.25, 0.3) is 11.0 Å². The Hall–Kier alpha value is -2.53. The van der Waals surface area contributed by atoms with E-state index >= 15 is 0 Å². The summed E-state index contributed by atoms with van der Waals surface area (Å²) in [5.41, 5.74) is -1.62. The van der Waals surface area contributed by atoms with E-state index in [9.17, 15) is 22.8 Å². The summed E-state index contributed by atoms with van der Waals surface area (Å²) < 4.78 is 25.9. The SMILES string of the molecule is CC(C)N(CC(=O)O)S(=O)(=O)c1cnc2[nH]c(=O)[nH]c(=O)c2c1. The molecule has 0 unspecified atom stereocenters. The first-order valence-electron chi connectivity index (χ1n) is 6.49. The van der Waals surface area contributed by atoms with Gasteiger partial charge in [-0.2, -0.15) is 4.31 Å². The van der Waals surface area contributed by atoms with Gasteiger partial charge in [0.25, 0.3) is 5.56 Å². The number of pyridine rings is 1. The van der Waals surface area contributed by atoms with E-state index < -0.39 is 39.8 Å². The summed E-state index contributed by atoms with van der Waals surface area (Å²) in [5.74, 6) is -1.31. The number of rotatable bonds is 5. The van der Waals surface area contributed by atoms with Gasteiger partial charge in [-0.05, 0) is 19.9 Å². The van der Waals surface area contributed by atoms with Crippen molar-refractivity contribution in [3.63, 3.8) is 0 Å². The standard InChI is InChI=1S/C12H14N4O6S/c1-6(2)16(5-9(17)18)23(21,22)7-3-8-10(13-4-7)14-12(20)15-11(8)19/h3-4,6H,5H2,1-2H3,(H,17,18)(H2,13,14,15,19,20). The van der Waals surface area contributed by atoms with Gasteiger partial charge in [-0.25, -0.2) is 18.2 Å². The molecular formula is C12H14N4O6S. The van der Waals surface area contributed by atoms with E-state index in [2.05, 4.69) is 9.97 Å². The zero-order valence-corrected chi connectivity index (χ0v) is 13.0. The number of aromatic nitrogens is 3. The number of carbonyl (C=O) groups is 1. The smallest absolute Gasteiger partial charge is 0.327 e. The lowest BCUT2D eigenvalue weighted by Crippen LogP contribution is -2.40. The second-order valence-corrected chi connectivity index (χ2v) is 6.90. The largest absolute Gasteiger partial charge is 0.480 e. The summed E-state index contributed by atoms with van der Waals surface area (Å²) in [6.07, 6.45) is 0.963. The van der Waals surface area contributed by atoms with Crippen LogP contribution < -0.4 is 11.2 Å². The molecule has 0 aliphatic rings. The normalized spacial score (nSPS) is 12.2. The van der Waals surface area contributed by atoms with Crippen molar-refractivity contribution in [2.24, 2.45) is 0 Å². The number of aliphatic carboxylic acids is 1. The Balaban J connectivity index is 2.64. The molecule has 0 saturated heterocycles. The number of hydrogen-bond donors (Lipinski definition) is 3. The average molecular weight is 342 g/mol. The lowest BCUT2D eigenvalue weighted by molar-refractivity contribution is -0.137. The highest BCUT2D eigenvalue weighted by Crippen LogP contribution is 2.19. The van der Waals surface area contributed by atoms with Crippen LogP contribution in [0.5, 0.6) is 0 Å². The summed E-state index contributed by atoms with van der Waals surface area (Å²) >= 11 is 0. The molecule has 0 bridgehead atoms. The summed E-state index contributed by atoms with van der Waals surface area (Å²) in [6.45, 7) is 2.33. The molecule has 2 rings (SSSR count). The lowest BCUT2D eigenvalue weighted by Gasteiger charge is -2.23. The molecule has 11 heteroatoms. The van der Waals surface area contributed by atoms with E-state index in [4.69, 9.17) is 5.11 Å². The topological polar surface area (TPSA) is 153 Å². The van der Waals surface area contributed by atoms with Crippen LogP contribution in [0.2, 0.25) is 0 Å². The maximum atomic E-state index is 12.6. The predicted molar refractivity (Wildman–Crippen MR) is 79.6 cm³/mol. The van der Waals surface area contributed by atoms with E-state index in [0.29, 0.717) is 0 Å². The monoisotopic (exact) mass is 342 g/mol. The molecule has 0 aromatic carbocycles. The minimum absolute atomic E-state index is 0.0629. The van der Waals surface area contributed by atoms with Gasteiger partial charge >= 0.3 is 11.7 Å². The van der Waals surface area contributed by atoms with Crippen LogP contribution in [-0.4, -0.2) is 51.3 Å². The van der Waals surface area contributed by atoms with Crippen molar-refractivity contribution in [1.29, 1.82) is 0 Å². The molecule has 0 aliphatic heterocycles. The Morgan fingerprint density at radius 2 is 2.00 bits per heavy atom. The molecule has 3 N–H and O–H groups in total. The number of nitrogens with one attached hydrogen (secondary N) is 2. The van der Waals surface area contributed by atoms with Crippen LogP contribution in [0.3, 0.4) is 0 Å². The van der Waals surface area contributed by atoms with Crippen LogP contribution in [0.15, 0.2) is 26.7 Å². The average Bonchev–Trinajstić information content (AvgIpc) is 2.43. The van der Waals surface area contributed by atoms with E-state index in [1.54, 1.807) is 0 Å². The van der Waals surface area contributed by atoms with Crippen molar-refractivity contribution in [3.8, 4) is 0 Å². The van der Waals surface area contributed by atoms with Gasteiger partial charge < -0.3 is 5.11 Å². The minimum Gasteiger partial charge on any atom is -0.480 e. The van der Waals surface area contributed by atoms with Crippen molar-refractivity contribution in [2.75, 3.05) is 6.54 Å². The molecule has 2 heterocycles. The van der Waals surface area contributed by atoms with Crippen LogP contribution in [0, 0.1) is 0 Å². The van der Waals surface area contributed by atoms with Crippen LogP contribution in [0.1, 0.15) is 13.8 Å². The molecule has 124 valence electrons. The first kappa shape index (κ1) is 16.8. The van der Waals surface area contributed by atoms with E-state index in [-0.39, 0.29) is 15.9 Å². The number of H-pyrrole nitrogens is 2. The number of sulfonamides is 1. The molecule has 0 fully saturated rings. The van der Waals surface area contributed by atoms with Gasteiger partial charge in [0.05, 0.1) is 5.39 Å². The number of carboxylic acids is 1. The molecule has 0 atom stereocenters. The van der Waals surface area contributed by atoms with Gasteiger partial charge in [0.2, 0.25) is 10.0 Å². The minimum atomic E-state index is -4.17. The zero-order valence-electron chi connectivity index (χ0n) is 12.2. The number of carboxylic acid groups (broad SMARTS) is 1. The van der Waals surface area contributed by atoms with Crippen molar-refractivity contribution >= 4 is 27.0 Å². The van der Waals surface area contributed by atoms with Gasteiger partial charge in [-0.15, -0.1) is 0 Å². The highest BCUT2D eigenvalue weighted by Gasteiger charge is 2.29. The van der Waals surface area contributed by atoms with Crippen molar-refractivity contribution < 1.29 is 18.3 Å². The highest BCUT2D eigenvalue weighted by atomic mass is 32.2. The molecule has 23 heavy (non-hydrogen) atoms. The van der Waals surface area contributed by atoms with Gasteiger partial charge in [0.1, 0.15) is 17.1 Å². The lowest BCUT2D eigenvalue weighted by atomic mass is 10.3. The maximum Gasteiger partial charge on any atom is 0.327 e.